The van der Waals surface area contributed by atoms with Gasteiger partial charge in [0, 0.05) is 11.6 Å². The maximum atomic E-state index is 12.1. The fraction of sp³-hybridized carbons (Fsp3) is 0.0769. The Morgan fingerprint density at radius 2 is 1.67 bits per heavy atom. The summed E-state index contributed by atoms with van der Waals surface area (Å²) in [6.45, 7) is 0.458. The normalized spacial score (nSPS) is 10.9. The first kappa shape index (κ1) is 21.7. The van der Waals surface area contributed by atoms with Crippen molar-refractivity contribution in [2.75, 3.05) is 0 Å². The number of hydrogen-bond donors (Lipinski definition) is 1. The van der Waals surface area contributed by atoms with Crippen LogP contribution >= 0.6 is 0 Å². The van der Waals surface area contributed by atoms with Crippen molar-refractivity contribution in [2.45, 2.75) is 13.0 Å². The molecule has 0 heterocycles. The molecule has 0 bridgehead atoms. The minimum atomic E-state index is -0.504. The molecule has 0 fully saturated rings. The lowest BCUT2D eigenvalue weighted by Crippen LogP contribution is -2.20. The van der Waals surface area contributed by atoms with Gasteiger partial charge in [0.25, 0.3) is 5.69 Å². The van der Waals surface area contributed by atoms with Gasteiger partial charge in [0.05, 0.1) is 17.6 Å². The van der Waals surface area contributed by atoms with Gasteiger partial charge in [-0.1, -0.05) is 54.6 Å². The van der Waals surface area contributed by atoms with Crippen LogP contribution in [0.4, 0.5) is 5.69 Å². The highest BCUT2D eigenvalue weighted by Gasteiger charge is 2.14. The Bertz CT molecular complexity index is 1320. The SMILES string of the molecule is O=C(Cc1ccccc1[N+](=O)[O-])N/N=C/c1ccc(OCc2ccc3ccccc3c2)cc1. The molecule has 33 heavy (non-hydrogen) atoms. The minimum Gasteiger partial charge on any atom is -0.489 e. The number of nitrogens with one attached hydrogen (secondary N) is 1. The summed E-state index contributed by atoms with van der Waals surface area (Å²) in [5.74, 6) is 0.289. The van der Waals surface area contributed by atoms with E-state index in [1.807, 2.05) is 36.4 Å². The standard InChI is InChI=1S/C26H21N3O4/c30-26(16-23-7-3-4-8-25(23)29(31)32)28-27-17-19-10-13-24(14-11-19)33-18-20-9-12-21-5-1-2-6-22(21)15-20/h1-15,17H,16,18H2,(H,28,30)/b27-17+. The van der Waals surface area contributed by atoms with Crippen molar-refractivity contribution in [3.63, 3.8) is 0 Å². The van der Waals surface area contributed by atoms with Gasteiger partial charge in [-0.3, -0.25) is 14.9 Å². The van der Waals surface area contributed by atoms with E-state index in [0.717, 1.165) is 16.9 Å². The molecular weight excluding hydrogens is 418 g/mol. The summed E-state index contributed by atoms with van der Waals surface area (Å²) in [5.41, 5.74) is 4.51. The number of hydrogen-bond acceptors (Lipinski definition) is 5. The summed E-state index contributed by atoms with van der Waals surface area (Å²) in [6, 6.07) is 27.9. The number of benzene rings is 4. The van der Waals surface area contributed by atoms with Crippen LogP contribution in [0.1, 0.15) is 16.7 Å². The zero-order valence-electron chi connectivity index (χ0n) is 17.7. The summed E-state index contributed by atoms with van der Waals surface area (Å²) in [6.07, 6.45) is 1.38. The van der Waals surface area contributed by atoms with E-state index in [-0.39, 0.29) is 12.1 Å². The van der Waals surface area contributed by atoms with Crippen LogP contribution in [-0.4, -0.2) is 17.0 Å². The van der Waals surface area contributed by atoms with Gasteiger partial charge in [-0.15, -0.1) is 0 Å². The summed E-state index contributed by atoms with van der Waals surface area (Å²) in [5, 5.41) is 17.3. The Labute approximate surface area is 190 Å². The number of nitrogens with zero attached hydrogens (tertiary/aromatic N) is 2. The second-order valence-electron chi connectivity index (χ2n) is 7.39. The van der Waals surface area contributed by atoms with Crippen LogP contribution < -0.4 is 10.2 Å². The number of amides is 1. The second-order valence-corrected chi connectivity index (χ2v) is 7.39. The molecule has 0 unspecified atom stereocenters. The highest BCUT2D eigenvalue weighted by molar-refractivity contribution is 5.84. The van der Waals surface area contributed by atoms with Gasteiger partial charge in [0.15, 0.2) is 0 Å². The molecule has 4 aromatic carbocycles. The Balaban J connectivity index is 1.29. The van der Waals surface area contributed by atoms with Crippen LogP contribution in [0.3, 0.4) is 0 Å². The number of rotatable bonds is 8. The third-order valence-corrected chi connectivity index (χ3v) is 5.04. The molecule has 0 aliphatic rings. The number of hydrazone groups is 1. The molecule has 7 heteroatoms. The minimum absolute atomic E-state index is 0.0871. The van der Waals surface area contributed by atoms with Crippen molar-refractivity contribution in [1.82, 2.24) is 5.43 Å². The molecule has 0 radical (unpaired) electrons. The van der Waals surface area contributed by atoms with Gasteiger partial charge in [-0.25, -0.2) is 5.43 Å². The summed E-state index contributed by atoms with van der Waals surface area (Å²) in [7, 11) is 0. The molecule has 0 aromatic heterocycles. The first-order chi connectivity index (χ1) is 16.1. The predicted molar refractivity (Wildman–Crippen MR) is 127 cm³/mol. The maximum Gasteiger partial charge on any atom is 0.273 e. The zero-order chi connectivity index (χ0) is 23.0. The van der Waals surface area contributed by atoms with E-state index in [0.29, 0.717) is 12.2 Å². The van der Waals surface area contributed by atoms with Crippen LogP contribution in [0.5, 0.6) is 5.75 Å². The van der Waals surface area contributed by atoms with Crippen molar-refractivity contribution in [2.24, 2.45) is 5.10 Å². The smallest absolute Gasteiger partial charge is 0.273 e. The monoisotopic (exact) mass is 439 g/mol. The average molecular weight is 439 g/mol. The largest absolute Gasteiger partial charge is 0.489 e. The molecule has 0 atom stereocenters. The molecule has 0 aliphatic carbocycles. The van der Waals surface area contributed by atoms with Gasteiger partial charge in [-0.2, -0.15) is 5.10 Å². The molecule has 0 spiro atoms. The van der Waals surface area contributed by atoms with E-state index in [2.05, 4.69) is 40.9 Å². The summed E-state index contributed by atoms with van der Waals surface area (Å²) in [4.78, 5) is 22.6. The van der Waals surface area contributed by atoms with Crippen LogP contribution in [0.2, 0.25) is 0 Å². The maximum absolute atomic E-state index is 12.1. The summed E-state index contributed by atoms with van der Waals surface area (Å²) < 4.78 is 5.87. The van der Waals surface area contributed by atoms with Crippen molar-refractivity contribution in [3.05, 3.63) is 118 Å². The van der Waals surface area contributed by atoms with E-state index < -0.39 is 10.8 Å². The number of fused-ring (bicyclic) bond motifs is 1. The van der Waals surface area contributed by atoms with Crippen molar-refractivity contribution >= 4 is 28.6 Å². The Kier molecular flexibility index (Phi) is 6.70. The molecule has 1 amide bonds. The van der Waals surface area contributed by atoms with Gasteiger partial charge in [-0.05, 0) is 52.2 Å². The number of carbonyl (C=O) groups is 1. The number of para-hydroxylation sites is 1. The van der Waals surface area contributed by atoms with Crippen LogP contribution in [0, 0.1) is 10.1 Å². The molecule has 0 saturated heterocycles. The molecule has 0 saturated carbocycles. The fourth-order valence-corrected chi connectivity index (χ4v) is 3.38. The van der Waals surface area contributed by atoms with E-state index >= 15 is 0 Å². The molecule has 164 valence electrons. The van der Waals surface area contributed by atoms with Crippen molar-refractivity contribution in [1.29, 1.82) is 0 Å². The van der Waals surface area contributed by atoms with Crippen molar-refractivity contribution < 1.29 is 14.5 Å². The summed E-state index contributed by atoms with van der Waals surface area (Å²) >= 11 is 0. The quantitative estimate of drug-likeness (QED) is 0.237. The van der Waals surface area contributed by atoms with Gasteiger partial charge in [0.2, 0.25) is 5.91 Å². The molecular formula is C26H21N3O4. The molecule has 7 nitrogen and oxygen atoms in total. The third kappa shape index (κ3) is 5.80. The highest BCUT2D eigenvalue weighted by atomic mass is 16.6. The van der Waals surface area contributed by atoms with E-state index in [1.54, 1.807) is 18.2 Å². The lowest BCUT2D eigenvalue weighted by atomic mass is 10.1. The zero-order valence-corrected chi connectivity index (χ0v) is 17.7. The van der Waals surface area contributed by atoms with Gasteiger partial charge < -0.3 is 4.74 Å². The first-order valence-electron chi connectivity index (χ1n) is 10.3. The Hall–Kier alpha value is -4.52. The Morgan fingerprint density at radius 1 is 0.939 bits per heavy atom. The van der Waals surface area contributed by atoms with E-state index in [4.69, 9.17) is 4.74 Å². The Morgan fingerprint density at radius 3 is 2.45 bits per heavy atom. The number of nitro benzene ring substituents is 1. The molecule has 0 aliphatic heterocycles. The predicted octanol–water partition coefficient (Wildman–Crippen LogP) is 5.02. The van der Waals surface area contributed by atoms with Crippen LogP contribution in [-0.2, 0) is 17.8 Å². The first-order valence-corrected chi connectivity index (χ1v) is 10.3. The van der Waals surface area contributed by atoms with E-state index in [9.17, 15) is 14.9 Å². The molecule has 4 aromatic rings. The van der Waals surface area contributed by atoms with Crippen LogP contribution in [0.15, 0.2) is 96.1 Å². The topological polar surface area (TPSA) is 93.8 Å². The average Bonchev–Trinajstić information content (AvgIpc) is 2.83. The lowest BCUT2D eigenvalue weighted by Gasteiger charge is -2.07. The van der Waals surface area contributed by atoms with Crippen LogP contribution in [0.25, 0.3) is 10.8 Å². The van der Waals surface area contributed by atoms with Gasteiger partial charge in [0.1, 0.15) is 12.4 Å². The third-order valence-electron chi connectivity index (χ3n) is 5.04. The number of ether oxygens (including phenoxy) is 1. The molecule has 1 N–H and O–H groups in total. The lowest BCUT2D eigenvalue weighted by molar-refractivity contribution is -0.385. The van der Waals surface area contributed by atoms with Crippen molar-refractivity contribution in [3.8, 4) is 5.75 Å². The number of nitro groups is 1. The molecule has 4 rings (SSSR count). The van der Waals surface area contributed by atoms with Gasteiger partial charge >= 0.3 is 0 Å². The fourth-order valence-electron chi connectivity index (χ4n) is 3.38. The number of carbonyl (C=O) groups excluding carboxylic acids is 1. The highest BCUT2D eigenvalue weighted by Crippen LogP contribution is 2.19. The second kappa shape index (κ2) is 10.2. The van der Waals surface area contributed by atoms with E-state index in [1.165, 1.54) is 23.1 Å².